The minimum Gasteiger partial charge on any atom is -0.427 e. The lowest BCUT2D eigenvalue weighted by atomic mass is 9.84. The molecule has 9 heteroatoms. The Morgan fingerprint density at radius 2 is 1.89 bits per heavy atom. The van der Waals surface area contributed by atoms with Crippen molar-refractivity contribution in [2.24, 2.45) is 0 Å². The van der Waals surface area contributed by atoms with Gasteiger partial charge in [0.1, 0.15) is 0 Å². The zero-order chi connectivity index (χ0) is 19.6. The number of piperidine rings is 1. The Morgan fingerprint density at radius 3 is 2.48 bits per heavy atom. The third kappa shape index (κ3) is 4.12. The molecule has 1 N–H and O–H groups in total. The molecule has 27 heavy (non-hydrogen) atoms. The number of nitrogens with zero attached hydrogens (tertiary/aromatic N) is 2. The van der Waals surface area contributed by atoms with Gasteiger partial charge in [0, 0.05) is 41.5 Å². The summed E-state index contributed by atoms with van der Waals surface area (Å²) in [6.45, 7) is -2.31. The molecule has 1 aliphatic rings. The monoisotopic (exact) mass is 398 g/mol. The van der Waals surface area contributed by atoms with Crippen LogP contribution in [-0.2, 0) is 5.60 Å². The van der Waals surface area contributed by atoms with Gasteiger partial charge >= 0.3 is 12.3 Å². The summed E-state index contributed by atoms with van der Waals surface area (Å²) in [5, 5.41) is 22.4. The summed E-state index contributed by atoms with van der Waals surface area (Å²) in [5.41, 5.74) is -0.449. The van der Waals surface area contributed by atoms with E-state index >= 15 is 0 Å². The zero-order valence-corrected chi connectivity index (χ0v) is 14.9. The van der Waals surface area contributed by atoms with Crippen molar-refractivity contribution in [3.05, 3.63) is 63.2 Å². The lowest BCUT2D eigenvalue weighted by Gasteiger charge is -2.40. The second-order valence-electron chi connectivity index (χ2n) is 6.29. The maximum absolute atomic E-state index is 12.6. The first-order chi connectivity index (χ1) is 12.8. The summed E-state index contributed by atoms with van der Waals surface area (Å²) in [4.78, 5) is 12.1. The van der Waals surface area contributed by atoms with Crippen LogP contribution in [0.15, 0.2) is 42.5 Å². The van der Waals surface area contributed by atoms with E-state index in [2.05, 4.69) is 4.74 Å². The molecule has 144 valence electrons. The molecule has 6 nitrogen and oxygen atoms in total. The van der Waals surface area contributed by atoms with E-state index in [1.165, 1.54) is 12.1 Å². The number of alkyl halides is 2. The Balaban J connectivity index is 1.80. The summed E-state index contributed by atoms with van der Waals surface area (Å²) in [5.74, 6) is -0.487. The average molecular weight is 399 g/mol. The number of aliphatic hydroxyl groups is 1. The van der Waals surface area contributed by atoms with Crippen molar-refractivity contribution < 1.29 is 23.5 Å². The molecule has 0 saturated carbocycles. The first kappa shape index (κ1) is 19.3. The van der Waals surface area contributed by atoms with Crippen LogP contribution in [0.25, 0.3) is 0 Å². The predicted molar refractivity (Wildman–Crippen MR) is 96.5 cm³/mol. The topological polar surface area (TPSA) is 75.8 Å². The van der Waals surface area contributed by atoms with E-state index in [9.17, 15) is 24.0 Å². The van der Waals surface area contributed by atoms with Crippen LogP contribution < -0.4 is 9.64 Å². The largest absolute Gasteiger partial charge is 0.427 e. The highest BCUT2D eigenvalue weighted by Gasteiger charge is 2.36. The number of hydrogen-bond acceptors (Lipinski definition) is 5. The van der Waals surface area contributed by atoms with Gasteiger partial charge in [-0.2, -0.15) is 8.78 Å². The molecular weight excluding hydrogens is 382 g/mol. The molecule has 3 rings (SSSR count). The van der Waals surface area contributed by atoms with Crippen LogP contribution in [0.1, 0.15) is 18.4 Å². The van der Waals surface area contributed by atoms with E-state index in [0.717, 1.165) is 6.07 Å². The third-order valence-electron chi connectivity index (χ3n) is 4.69. The minimum atomic E-state index is -3.16. The number of hydrogen-bond donors (Lipinski definition) is 1. The molecule has 0 bridgehead atoms. The predicted octanol–water partition coefficient (Wildman–Crippen LogP) is 4.34. The molecule has 1 heterocycles. The molecule has 2 aromatic rings. The molecule has 0 atom stereocenters. The SMILES string of the molecule is O=[N+]([O-])c1ccc(N2CCC(O)(c3ccccc3Cl)CC2)cc1OC(F)F. The van der Waals surface area contributed by atoms with Gasteiger partial charge in [0.25, 0.3) is 0 Å². The summed E-state index contributed by atoms with van der Waals surface area (Å²) in [7, 11) is 0. The second-order valence-corrected chi connectivity index (χ2v) is 6.69. The number of nitro groups is 1. The molecule has 1 aliphatic heterocycles. The van der Waals surface area contributed by atoms with Gasteiger partial charge in [-0.3, -0.25) is 10.1 Å². The lowest BCUT2D eigenvalue weighted by Crippen LogP contribution is -2.42. The number of benzene rings is 2. The van der Waals surface area contributed by atoms with Crippen molar-refractivity contribution >= 4 is 23.0 Å². The molecule has 0 spiro atoms. The second kappa shape index (κ2) is 7.66. The highest BCUT2D eigenvalue weighted by atomic mass is 35.5. The van der Waals surface area contributed by atoms with Crippen LogP contribution in [0, 0.1) is 10.1 Å². The summed E-state index contributed by atoms with van der Waals surface area (Å²) < 4.78 is 29.4. The van der Waals surface area contributed by atoms with Gasteiger partial charge in [0.2, 0.25) is 5.75 Å². The molecule has 1 saturated heterocycles. The third-order valence-corrected chi connectivity index (χ3v) is 5.02. The molecule has 1 fully saturated rings. The smallest absolute Gasteiger partial charge is 0.387 e. The van der Waals surface area contributed by atoms with Gasteiger partial charge in [-0.1, -0.05) is 29.8 Å². The standard InChI is InChI=1S/C18H17ClF2N2O4/c19-14-4-2-1-3-13(14)18(24)7-9-22(10-8-18)12-5-6-15(23(25)26)16(11-12)27-17(20)21/h1-6,11,17,24H,7-10H2. The molecule has 2 aromatic carbocycles. The Morgan fingerprint density at radius 1 is 1.22 bits per heavy atom. The van der Waals surface area contributed by atoms with Gasteiger partial charge in [-0.15, -0.1) is 0 Å². The summed E-state index contributed by atoms with van der Waals surface area (Å²) in [6.07, 6.45) is 0.748. The summed E-state index contributed by atoms with van der Waals surface area (Å²) in [6, 6.07) is 10.9. The number of nitro benzene ring substituents is 1. The van der Waals surface area contributed by atoms with Gasteiger partial charge in [-0.25, -0.2) is 0 Å². The van der Waals surface area contributed by atoms with Crippen molar-refractivity contribution in [1.82, 2.24) is 0 Å². The van der Waals surface area contributed by atoms with E-state index in [1.54, 1.807) is 24.3 Å². The minimum absolute atomic E-state index is 0.374. The van der Waals surface area contributed by atoms with Crippen LogP contribution in [0.2, 0.25) is 5.02 Å². The fraction of sp³-hybridized carbons (Fsp3) is 0.333. The number of anilines is 1. The maximum Gasteiger partial charge on any atom is 0.387 e. The van der Waals surface area contributed by atoms with Crippen LogP contribution >= 0.6 is 11.6 Å². The lowest BCUT2D eigenvalue weighted by molar-refractivity contribution is -0.386. The van der Waals surface area contributed by atoms with Gasteiger partial charge < -0.3 is 14.7 Å². The Bertz CT molecular complexity index is 842. The van der Waals surface area contributed by atoms with Crippen LogP contribution in [-0.4, -0.2) is 29.7 Å². The molecule has 0 aromatic heterocycles. The average Bonchev–Trinajstić information content (AvgIpc) is 2.62. The van der Waals surface area contributed by atoms with E-state index < -0.39 is 28.6 Å². The van der Waals surface area contributed by atoms with Crippen molar-refractivity contribution in [3.8, 4) is 5.75 Å². The van der Waals surface area contributed by atoms with E-state index in [0.29, 0.717) is 42.2 Å². The van der Waals surface area contributed by atoms with Gasteiger partial charge in [0.15, 0.2) is 0 Å². The normalized spacial score (nSPS) is 16.4. The molecule has 0 radical (unpaired) electrons. The first-order valence-corrected chi connectivity index (χ1v) is 8.63. The van der Waals surface area contributed by atoms with Crippen LogP contribution in [0.5, 0.6) is 5.75 Å². The van der Waals surface area contributed by atoms with E-state index in [4.69, 9.17) is 11.6 Å². The van der Waals surface area contributed by atoms with Gasteiger partial charge in [0.05, 0.1) is 10.5 Å². The van der Waals surface area contributed by atoms with Crippen LogP contribution in [0.4, 0.5) is 20.2 Å². The maximum atomic E-state index is 12.6. The number of ether oxygens (including phenoxy) is 1. The first-order valence-electron chi connectivity index (χ1n) is 8.26. The van der Waals surface area contributed by atoms with E-state index in [-0.39, 0.29) is 0 Å². The highest BCUT2D eigenvalue weighted by Crippen LogP contribution is 2.39. The van der Waals surface area contributed by atoms with Crippen molar-refractivity contribution in [2.75, 3.05) is 18.0 Å². The molecule has 0 aliphatic carbocycles. The fourth-order valence-electron chi connectivity index (χ4n) is 3.28. The van der Waals surface area contributed by atoms with Crippen molar-refractivity contribution in [2.45, 2.75) is 25.1 Å². The number of halogens is 3. The Kier molecular flexibility index (Phi) is 5.48. The quantitative estimate of drug-likeness (QED) is 0.599. The van der Waals surface area contributed by atoms with Gasteiger partial charge in [-0.05, 0) is 25.0 Å². The van der Waals surface area contributed by atoms with Crippen molar-refractivity contribution in [3.63, 3.8) is 0 Å². The Labute approximate surface area is 159 Å². The van der Waals surface area contributed by atoms with Crippen molar-refractivity contribution in [1.29, 1.82) is 0 Å². The van der Waals surface area contributed by atoms with Crippen LogP contribution in [0.3, 0.4) is 0 Å². The molecular formula is C18H17ClF2N2O4. The van der Waals surface area contributed by atoms with E-state index in [1.807, 2.05) is 4.90 Å². The fourth-order valence-corrected chi connectivity index (χ4v) is 3.60. The molecule has 0 amide bonds. The molecule has 0 unspecified atom stereocenters. The number of rotatable bonds is 5. The Hall–Kier alpha value is -2.45. The zero-order valence-electron chi connectivity index (χ0n) is 14.1. The summed E-state index contributed by atoms with van der Waals surface area (Å²) >= 11 is 6.19. The highest BCUT2D eigenvalue weighted by molar-refractivity contribution is 6.31.